The lowest BCUT2D eigenvalue weighted by molar-refractivity contribution is -0.147. The first kappa shape index (κ1) is 20.1. The number of methoxy groups -OCH3 is 2. The molecule has 1 amide bonds. The summed E-state index contributed by atoms with van der Waals surface area (Å²) in [5, 5.41) is 12.1. The fourth-order valence-corrected chi connectivity index (χ4v) is 3.85. The number of carbonyl (C=O) groups is 2. The Kier molecular flexibility index (Phi) is 5.83. The summed E-state index contributed by atoms with van der Waals surface area (Å²) in [6, 6.07) is 5.78. The highest BCUT2D eigenvalue weighted by atomic mass is 32.1. The maximum Gasteiger partial charge on any atom is 0.307 e. The Morgan fingerprint density at radius 1 is 1.25 bits per heavy atom. The lowest BCUT2D eigenvalue weighted by Crippen LogP contribution is -2.36. The largest absolute Gasteiger partial charge is 0.493 e. The highest BCUT2D eigenvalue weighted by Crippen LogP contribution is 2.33. The van der Waals surface area contributed by atoms with Crippen LogP contribution in [-0.2, 0) is 27.2 Å². The Hall–Kier alpha value is -2.68. The molecule has 8 nitrogen and oxygen atoms in total. The molecule has 1 aliphatic heterocycles. The molecule has 0 spiro atoms. The average Bonchev–Trinajstić information content (AvgIpc) is 3.21. The molecular formula is C19H23N3O5S. The van der Waals surface area contributed by atoms with Crippen LogP contribution in [0.2, 0.25) is 0 Å². The topological polar surface area (TPSA) is 99.6 Å². The number of nitrogens with one attached hydrogen (secondary N) is 1. The standard InChI is InChI=1S/C19H23N3O5S/c1-19(2)12(10-16(23)27-19)17(24)20-18-22-21-15(28-18)8-6-11-5-7-13(25-3)14(9-11)26-4/h5,7,9,12H,6,8,10H2,1-4H3,(H,20,22,24)/t12-/m0/s1. The number of carbonyl (C=O) groups excluding carboxylic acids is 2. The number of cyclic esters (lactones) is 1. The van der Waals surface area contributed by atoms with Crippen molar-refractivity contribution >= 4 is 28.3 Å². The van der Waals surface area contributed by atoms with Gasteiger partial charge in [0, 0.05) is 6.42 Å². The Morgan fingerprint density at radius 3 is 2.64 bits per heavy atom. The molecule has 0 bridgehead atoms. The predicted molar refractivity (Wildman–Crippen MR) is 104 cm³/mol. The van der Waals surface area contributed by atoms with E-state index in [1.807, 2.05) is 18.2 Å². The van der Waals surface area contributed by atoms with Crippen LogP contribution in [0.15, 0.2) is 18.2 Å². The Balaban J connectivity index is 1.59. The highest BCUT2D eigenvalue weighted by molar-refractivity contribution is 7.15. The molecule has 1 aliphatic rings. The second-order valence-electron chi connectivity index (χ2n) is 7.01. The summed E-state index contributed by atoms with van der Waals surface area (Å²) in [7, 11) is 3.20. The van der Waals surface area contributed by atoms with Gasteiger partial charge in [-0.3, -0.25) is 9.59 Å². The van der Waals surface area contributed by atoms with Gasteiger partial charge in [0.2, 0.25) is 11.0 Å². The molecule has 0 unspecified atom stereocenters. The van der Waals surface area contributed by atoms with Gasteiger partial charge in [-0.05, 0) is 38.0 Å². The molecule has 1 saturated heterocycles. The van der Waals surface area contributed by atoms with Crippen molar-refractivity contribution in [2.75, 3.05) is 19.5 Å². The van der Waals surface area contributed by atoms with E-state index in [4.69, 9.17) is 14.2 Å². The maximum atomic E-state index is 12.5. The molecule has 3 rings (SSSR count). The normalized spacial score (nSPS) is 17.9. The van der Waals surface area contributed by atoms with E-state index in [-0.39, 0.29) is 18.3 Å². The molecule has 0 saturated carbocycles. The highest BCUT2D eigenvalue weighted by Gasteiger charge is 2.46. The molecule has 28 heavy (non-hydrogen) atoms. The molecule has 150 valence electrons. The van der Waals surface area contributed by atoms with E-state index < -0.39 is 11.5 Å². The quantitative estimate of drug-likeness (QED) is 0.707. The van der Waals surface area contributed by atoms with Crippen LogP contribution in [0.25, 0.3) is 0 Å². The number of amides is 1. The monoisotopic (exact) mass is 405 g/mol. The van der Waals surface area contributed by atoms with Crippen molar-refractivity contribution in [1.82, 2.24) is 10.2 Å². The van der Waals surface area contributed by atoms with Crippen LogP contribution in [0, 0.1) is 5.92 Å². The number of anilines is 1. The zero-order valence-electron chi connectivity index (χ0n) is 16.3. The molecule has 2 heterocycles. The van der Waals surface area contributed by atoms with Crippen molar-refractivity contribution < 1.29 is 23.8 Å². The molecular weight excluding hydrogens is 382 g/mol. The number of ether oxygens (including phenoxy) is 3. The second-order valence-corrected chi connectivity index (χ2v) is 8.08. The van der Waals surface area contributed by atoms with E-state index in [2.05, 4.69) is 15.5 Å². The van der Waals surface area contributed by atoms with Crippen LogP contribution in [-0.4, -0.2) is 41.9 Å². The van der Waals surface area contributed by atoms with Crippen molar-refractivity contribution in [3.05, 3.63) is 28.8 Å². The second kappa shape index (κ2) is 8.14. The van der Waals surface area contributed by atoms with Gasteiger partial charge in [-0.15, -0.1) is 10.2 Å². The SMILES string of the molecule is COc1ccc(CCc2nnc(NC(=O)[C@@H]3CC(=O)OC3(C)C)s2)cc1OC. The number of rotatable bonds is 7. The van der Waals surface area contributed by atoms with Gasteiger partial charge >= 0.3 is 5.97 Å². The zero-order valence-corrected chi connectivity index (χ0v) is 17.1. The molecule has 1 N–H and O–H groups in total. The third-order valence-electron chi connectivity index (χ3n) is 4.68. The van der Waals surface area contributed by atoms with E-state index in [0.29, 0.717) is 23.1 Å². The van der Waals surface area contributed by atoms with Gasteiger partial charge in [0.05, 0.1) is 26.6 Å². The molecule has 1 aromatic carbocycles. The minimum Gasteiger partial charge on any atom is -0.493 e. The summed E-state index contributed by atoms with van der Waals surface area (Å²) in [6.07, 6.45) is 1.50. The minimum atomic E-state index is -0.817. The number of nitrogens with zero attached hydrogens (tertiary/aromatic N) is 2. The number of hydrogen-bond acceptors (Lipinski definition) is 8. The van der Waals surface area contributed by atoms with Crippen molar-refractivity contribution in [2.24, 2.45) is 5.92 Å². The maximum absolute atomic E-state index is 12.5. The molecule has 2 aromatic rings. The summed E-state index contributed by atoms with van der Waals surface area (Å²) in [4.78, 5) is 24.0. The van der Waals surface area contributed by atoms with Crippen LogP contribution < -0.4 is 14.8 Å². The average molecular weight is 405 g/mol. The summed E-state index contributed by atoms with van der Waals surface area (Å²) in [6.45, 7) is 3.47. The van der Waals surface area contributed by atoms with Gasteiger partial charge in [0.15, 0.2) is 11.5 Å². The van der Waals surface area contributed by atoms with Crippen molar-refractivity contribution in [1.29, 1.82) is 0 Å². The summed E-state index contributed by atoms with van der Waals surface area (Å²) in [5.74, 6) is 0.182. The molecule has 1 atom stereocenters. The number of benzene rings is 1. The van der Waals surface area contributed by atoms with Crippen molar-refractivity contribution in [3.63, 3.8) is 0 Å². The van der Waals surface area contributed by atoms with Crippen molar-refractivity contribution in [2.45, 2.75) is 38.7 Å². The third-order valence-corrected chi connectivity index (χ3v) is 5.57. The first-order valence-electron chi connectivity index (χ1n) is 8.88. The fraction of sp³-hybridized carbons (Fsp3) is 0.474. The van der Waals surface area contributed by atoms with E-state index in [1.165, 1.54) is 11.3 Å². The minimum absolute atomic E-state index is 0.0732. The van der Waals surface area contributed by atoms with Gasteiger partial charge < -0.3 is 19.5 Å². The van der Waals surface area contributed by atoms with Gasteiger partial charge in [-0.2, -0.15) is 0 Å². The molecule has 0 aliphatic carbocycles. The number of aryl methyl sites for hydroxylation is 2. The Morgan fingerprint density at radius 2 is 2.00 bits per heavy atom. The molecule has 0 radical (unpaired) electrons. The van der Waals surface area contributed by atoms with Gasteiger partial charge in [-0.1, -0.05) is 17.4 Å². The summed E-state index contributed by atoms with van der Waals surface area (Å²) >= 11 is 1.32. The third kappa shape index (κ3) is 4.41. The van der Waals surface area contributed by atoms with E-state index >= 15 is 0 Å². The first-order chi connectivity index (χ1) is 13.3. The van der Waals surface area contributed by atoms with E-state index in [9.17, 15) is 9.59 Å². The summed E-state index contributed by atoms with van der Waals surface area (Å²) < 4.78 is 15.8. The van der Waals surface area contributed by atoms with Crippen LogP contribution in [0.5, 0.6) is 11.5 Å². The van der Waals surface area contributed by atoms with Gasteiger partial charge in [0.25, 0.3) is 0 Å². The lowest BCUT2D eigenvalue weighted by atomic mass is 9.90. The van der Waals surface area contributed by atoms with Gasteiger partial charge in [-0.25, -0.2) is 0 Å². The van der Waals surface area contributed by atoms with Crippen LogP contribution in [0.4, 0.5) is 5.13 Å². The van der Waals surface area contributed by atoms with Crippen LogP contribution in [0.1, 0.15) is 30.8 Å². The van der Waals surface area contributed by atoms with Gasteiger partial charge in [0.1, 0.15) is 10.6 Å². The zero-order chi connectivity index (χ0) is 20.3. The van der Waals surface area contributed by atoms with E-state index in [0.717, 1.165) is 17.0 Å². The molecule has 9 heteroatoms. The van der Waals surface area contributed by atoms with Crippen molar-refractivity contribution in [3.8, 4) is 11.5 Å². The number of esters is 1. The van der Waals surface area contributed by atoms with E-state index in [1.54, 1.807) is 28.1 Å². The smallest absolute Gasteiger partial charge is 0.307 e. The Bertz CT molecular complexity index is 880. The Labute approximate surface area is 167 Å². The molecule has 1 fully saturated rings. The lowest BCUT2D eigenvalue weighted by Gasteiger charge is -2.23. The summed E-state index contributed by atoms with van der Waals surface area (Å²) in [5.41, 5.74) is 0.268. The first-order valence-corrected chi connectivity index (χ1v) is 9.70. The fourth-order valence-electron chi connectivity index (χ4n) is 3.11. The predicted octanol–water partition coefficient (Wildman–Crippen LogP) is 2.62. The van der Waals surface area contributed by atoms with Crippen LogP contribution >= 0.6 is 11.3 Å². The van der Waals surface area contributed by atoms with Crippen LogP contribution in [0.3, 0.4) is 0 Å². The molecule has 1 aromatic heterocycles. The number of aromatic nitrogens is 2. The number of hydrogen-bond donors (Lipinski definition) is 1.